The molecule has 1 aliphatic heterocycles. The van der Waals surface area contributed by atoms with Crippen molar-refractivity contribution in [3.63, 3.8) is 0 Å². The summed E-state index contributed by atoms with van der Waals surface area (Å²) in [5.41, 5.74) is 1.39. The molecular weight excluding hydrogens is 302 g/mol. The maximum absolute atomic E-state index is 4.74. The Bertz CT molecular complexity index is 513. The SMILES string of the molecule is Cc1nc2c(s1)C(NC1CCN(C3CCCCC3)CC1)CCC2. The topological polar surface area (TPSA) is 28.2 Å². The quantitative estimate of drug-likeness (QED) is 0.898. The fourth-order valence-corrected chi connectivity index (χ4v) is 5.93. The lowest BCUT2D eigenvalue weighted by atomic mass is 9.91. The van der Waals surface area contributed by atoms with Crippen LogP contribution in [-0.2, 0) is 6.42 Å². The molecule has 1 aromatic heterocycles. The van der Waals surface area contributed by atoms with E-state index >= 15 is 0 Å². The van der Waals surface area contributed by atoms with Crippen LogP contribution < -0.4 is 5.32 Å². The standard InChI is InChI=1S/C19H31N3S/c1-14-20-17-8-5-9-18(19(17)23-14)21-15-10-12-22(13-11-15)16-6-3-2-4-7-16/h15-16,18,21H,2-13H2,1H3. The lowest BCUT2D eigenvalue weighted by Gasteiger charge is -2.40. The van der Waals surface area contributed by atoms with Gasteiger partial charge in [0, 0.05) is 23.0 Å². The van der Waals surface area contributed by atoms with E-state index in [0.29, 0.717) is 12.1 Å². The smallest absolute Gasteiger partial charge is 0.0900 e. The Kier molecular flexibility index (Phi) is 5.02. The van der Waals surface area contributed by atoms with Gasteiger partial charge in [-0.15, -0.1) is 11.3 Å². The molecule has 1 atom stereocenters. The van der Waals surface area contributed by atoms with Crippen molar-refractivity contribution in [2.45, 2.75) is 89.3 Å². The van der Waals surface area contributed by atoms with Crippen LogP contribution >= 0.6 is 11.3 Å². The zero-order valence-corrected chi connectivity index (χ0v) is 15.3. The molecular formula is C19H31N3S. The van der Waals surface area contributed by atoms with Gasteiger partial charge in [0.2, 0.25) is 0 Å². The first kappa shape index (κ1) is 16.0. The minimum absolute atomic E-state index is 0.580. The van der Waals surface area contributed by atoms with Crippen LogP contribution in [0.2, 0.25) is 0 Å². The predicted octanol–water partition coefficient (Wildman–Crippen LogP) is 4.22. The molecule has 0 spiro atoms. The largest absolute Gasteiger partial charge is 0.306 e. The van der Waals surface area contributed by atoms with Gasteiger partial charge in [0.05, 0.1) is 10.7 Å². The van der Waals surface area contributed by atoms with Crippen LogP contribution in [0.25, 0.3) is 0 Å². The zero-order chi connectivity index (χ0) is 15.6. The number of likely N-dealkylation sites (tertiary alicyclic amines) is 1. The number of nitrogens with zero attached hydrogens (tertiary/aromatic N) is 2. The van der Waals surface area contributed by atoms with E-state index in [1.165, 1.54) is 88.0 Å². The molecule has 2 aliphatic carbocycles. The second-order valence-corrected chi connectivity index (χ2v) is 8.99. The van der Waals surface area contributed by atoms with E-state index in [1.54, 1.807) is 4.88 Å². The number of hydrogen-bond acceptors (Lipinski definition) is 4. The van der Waals surface area contributed by atoms with E-state index in [2.05, 4.69) is 17.1 Å². The Morgan fingerprint density at radius 2 is 1.78 bits per heavy atom. The summed E-state index contributed by atoms with van der Waals surface area (Å²) in [5, 5.41) is 5.24. The highest BCUT2D eigenvalue weighted by atomic mass is 32.1. The summed E-state index contributed by atoms with van der Waals surface area (Å²) in [5.74, 6) is 0. The maximum Gasteiger partial charge on any atom is 0.0900 e. The van der Waals surface area contributed by atoms with Crippen LogP contribution in [0.15, 0.2) is 0 Å². The highest BCUT2D eigenvalue weighted by Crippen LogP contribution is 2.35. The Hall–Kier alpha value is -0.450. The van der Waals surface area contributed by atoms with Gasteiger partial charge in [0.15, 0.2) is 0 Å². The first-order valence-electron chi connectivity index (χ1n) is 9.76. The van der Waals surface area contributed by atoms with Gasteiger partial charge >= 0.3 is 0 Å². The second kappa shape index (κ2) is 7.20. The normalized spacial score (nSPS) is 28.0. The molecule has 1 saturated carbocycles. The minimum Gasteiger partial charge on any atom is -0.306 e. The number of aromatic nitrogens is 1. The minimum atomic E-state index is 0.580. The molecule has 3 nitrogen and oxygen atoms in total. The number of rotatable bonds is 3. The summed E-state index contributed by atoms with van der Waals surface area (Å²) in [7, 11) is 0. The van der Waals surface area contributed by atoms with Crippen molar-refractivity contribution in [2.75, 3.05) is 13.1 Å². The summed E-state index contributed by atoms with van der Waals surface area (Å²) in [6.07, 6.45) is 13.7. The van der Waals surface area contributed by atoms with Crippen molar-refractivity contribution < 1.29 is 0 Å². The fourth-order valence-electron chi connectivity index (χ4n) is 4.86. The Morgan fingerprint density at radius 3 is 2.57 bits per heavy atom. The van der Waals surface area contributed by atoms with Gasteiger partial charge in [-0.3, -0.25) is 0 Å². The van der Waals surface area contributed by atoms with Gasteiger partial charge in [-0.25, -0.2) is 4.98 Å². The Morgan fingerprint density at radius 1 is 1.00 bits per heavy atom. The summed E-state index contributed by atoms with van der Waals surface area (Å²) in [6.45, 7) is 4.77. The van der Waals surface area contributed by atoms with E-state index < -0.39 is 0 Å². The molecule has 2 heterocycles. The zero-order valence-electron chi connectivity index (χ0n) is 14.5. The molecule has 1 N–H and O–H groups in total. The molecule has 0 amide bonds. The maximum atomic E-state index is 4.74. The molecule has 4 rings (SSSR count). The fraction of sp³-hybridized carbons (Fsp3) is 0.842. The van der Waals surface area contributed by atoms with Gasteiger partial charge in [-0.2, -0.15) is 0 Å². The average Bonchev–Trinajstić information content (AvgIpc) is 2.98. The molecule has 0 radical (unpaired) electrons. The molecule has 23 heavy (non-hydrogen) atoms. The first-order chi connectivity index (χ1) is 11.3. The average molecular weight is 334 g/mol. The third-order valence-electron chi connectivity index (χ3n) is 6.11. The van der Waals surface area contributed by atoms with Crippen molar-refractivity contribution in [1.82, 2.24) is 15.2 Å². The highest BCUT2D eigenvalue weighted by molar-refractivity contribution is 7.11. The molecule has 0 bridgehead atoms. The first-order valence-corrected chi connectivity index (χ1v) is 10.6. The molecule has 2 fully saturated rings. The Labute approximate surface area is 144 Å². The predicted molar refractivity (Wildman–Crippen MR) is 97.1 cm³/mol. The van der Waals surface area contributed by atoms with Crippen molar-refractivity contribution >= 4 is 11.3 Å². The number of piperidine rings is 1. The van der Waals surface area contributed by atoms with Crippen LogP contribution in [0.3, 0.4) is 0 Å². The summed E-state index contributed by atoms with van der Waals surface area (Å²) < 4.78 is 0. The van der Waals surface area contributed by atoms with E-state index in [-0.39, 0.29) is 0 Å². The summed E-state index contributed by atoms with van der Waals surface area (Å²) in [6, 6.07) is 2.19. The molecule has 4 heteroatoms. The Balaban J connectivity index is 1.31. The van der Waals surface area contributed by atoms with Crippen LogP contribution in [0, 0.1) is 6.92 Å². The number of thiazole rings is 1. The molecule has 128 valence electrons. The van der Waals surface area contributed by atoms with Crippen molar-refractivity contribution in [1.29, 1.82) is 0 Å². The lowest BCUT2D eigenvalue weighted by Crippen LogP contribution is -2.48. The molecule has 1 aromatic rings. The molecule has 0 aromatic carbocycles. The van der Waals surface area contributed by atoms with Gasteiger partial charge in [0.25, 0.3) is 0 Å². The monoisotopic (exact) mass is 333 g/mol. The van der Waals surface area contributed by atoms with Gasteiger partial charge in [0.1, 0.15) is 0 Å². The van der Waals surface area contributed by atoms with Crippen LogP contribution in [0.1, 0.15) is 79.4 Å². The van der Waals surface area contributed by atoms with Crippen molar-refractivity contribution in [3.8, 4) is 0 Å². The van der Waals surface area contributed by atoms with Crippen LogP contribution in [0.4, 0.5) is 0 Å². The number of aryl methyl sites for hydroxylation is 2. The van der Waals surface area contributed by atoms with E-state index in [9.17, 15) is 0 Å². The lowest BCUT2D eigenvalue weighted by molar-refractivity contribution is 0.112. The van der Waals surface area contributed by atoms with Crippen LogP contribution in [0.5, 0.6) is 0 Å². The van der Waals surface area contributed by atoms with E-state index in [1.807, 2.05) is 11.3 Å². The van der Waals surface area contributed by atoms with Gasteiger partial charge in [-0.1, -0.05) is 19.3 Å². The van der Waals surface area contributed by atoms with Crippen molar-refractivity contribution in [2.24, 2.45) is 0 Å². The van der Waals surface area contributed by atoms with Crippen LogP contribution in [-0.4, -0.2) is 35.1 Å². The van der Waals surface area contributed by atoms with E-state index in [0.717, 1.165) is 6.04 Å². The van der Waals surface area contributed by atoms with E-state index in [4.69, 9.17) is 4.98 Å². The second-order valence-electron chi connectivity index (χ2n) is 7.76. The molecule has 1 saturated heterocycles. The summed E-state index contributed by atoms with van der Waals surface area (Å²) >= 11 is 1.93. The van der Waals surface area contributed by atoms with Gasteiger partial charge < -0.3 is 10.2 Å². The number of hydrogen-bond donors (Lipinski definition) is 1. The molecule has 3 aliphatic rings. The van der Waals surface area contributed by atoms with Crippen molar-refractivity contribution in [3.05, 3.63) is 15.6 Å². The van der Waals surface area contributed by atoms with Gasteiger partial charge in [-0.05, 0) is 65.0 Å². The number of nitrogens with one attached hydrogen (secondary N) is 1. The summed E-state index contributed by atoms with van der Waals surface area (Å²) in [4.78, 5) is 9.08. The third kappa shape index (κ3) is 3.64. The third-order valence-corrected chi connectivity index (χ3v) is 7.24. The number of fused-ring (bicyclic) bond motifs is 1. The highest BCUT2D eigenvalue weighted by Gasteiger charge is 2.29. The molecule has 1 unspecified atom stereocenters.